The number of aromatic nitrogens is 8. The number of nitrogen functional groups attached to an aromatic ring is 2. The van der Waals surface area contributed by atoms with E-state index in [0.29, 0.717) is 0 Å². The summed E-state index contributed by atoms with van der Waals surface area (Å²) in [7, 11) is -9.63. The first-order valence-corrected chi connectivity index (χ1v) is 16.4. The summed E-state index contributed by atoms with van der Waals surface area (Å²) in [5.41, 5.74) is 12.5. The van der Waals surface area contributed by atoms with Crippen molar-refractivity contribution in [1.82, 2.24) is 39.0 Å². The fraction of sp³-hybridized carbons (Fsp3) is 0.524. The van der Waals surface area contributed by atoms with Gasteiger partial charge in [-0.25, -0.2) is 34.5 Å². The van der Waals surface area contributed by atoms with Crippen LogP contribution < -0.4 is 11.5 Å². The van der Waals surface area contributed by atoms with Crippen molar-refractivity contribution in [3.63, 3.8) is 0 Å². The number of hydrogen-bond donors (Lipinski definition) is 6. The Morgan fingerprint density at radius 3 is 1.84 bits per heavy atom. The van der Waals surface area contributed by atoms with Crippen LogP contribution in [0.4, 0.5) is 11.6 Å². The number of ether oxygens (including phenoxy) is 3. The van der Waals surface area contributed by atoms with Crippen molar-refractivity contribution in [3.8, 4) is 0 Å². The fourth-order valence-electron chi connectivity index (χ4n) is 5.33. The summed E-state index contributed by atoms with van der Waals surface area (Å²) < 4.78 is 62.1. The van der Waals surface area contributed by atoms with Crippen LogP contribution in [0.1, 0.15) is 12.5 Å². The molecule has 0 radical (unpaired) electrons. The Labute approximate surface area is 251 Å². The number of nitrogens with two attached hydrogens (primary N) is 2. The first-order valence-electron chi connectivity index (χ1n) is 13.2. The predicted octanol–water partition coefficient (Wildman–Crippen LogP) is -1.59. The quantitative estimate of drug-likeness (QED) is 0.131. The Morgan fingerprint density at radius 2 is 1.27 bits per heavy atom. The zero-order chi connectivity index (χ0) is 31.7. The molecule has 3 aliphatic heterocycles. The number of rotatable bonds is 2. The van der Waals surface area contributed by atoms with Crippen LogP contribution in [-0.4, -0.2) is 115 Å². The molecule has 0 aromatic carbocycles. The van der Waals surface area contributed by atoms with E-state index in [0.717, 1.165) is 6.33 Å². The first kappa shape index (κ1) is 30.4. The van der Waals surface area contributed by atoms with Gasteiger partial charge in [-0.05, 0) is 0 Å². The summed E-state index contributed by atoms with van der Waals surface area (Å²) in [5.74, 6) is 0.0977. The third kappa shape index (κ3) is 5.47. The molecule has 22 nitrogen and oxygen atoms in total. The predicted molar refractivity (Wildman–Crippen MR) is 145 cm³/mol. The molecule has 3 saturated heterocycles. The number of anilines is 2. The number of phosphoric acid groups is 1. The molecule has 4 aromatic rings. The average molecular weight is 672 g/mol. The number of aliphatic hydroxyl groups excluding tert-OH is 2. The highest BCUT2D eigenvalue weighted by molar-refractivity contribution is 7.52. The monoisotopic (exact) mass is 672 g/mol. The van der Waals surface area contributed by atoms with Crippen LogP contribution in [0.25, 0.3) is 22.3 Å². The second kappa shape index (κ2) is 11.2. The van der Waals surface area contributed by atoms with Crippen LogP contribution in [0.15, 0.2) is 25.3 Å². The number of fused-ring (bicyclic) bond motifs is 6. The van der Waals surface area contributed by atoms with E-state index >= 15 is 0 Å². The van der Waals surface area contributed by atoms with Crippen LogP contribution >= 0.6 is 15.4 Å². The van der Waals surface area contributed by atoms with Crippen molar-refractivity contribution in [2.24, 2.45) is 0 Å². The third-order valence-electron chi connectivity index (χ3n) is 7.48. The Bertz CT molecular complexity index is 1840. The average Bonchev–Trinajstić information content (AvgIpc) is 3.75. The van der Waals surface area contributed by atoms with Gasteiger partial charge in [0.1, 0.15) is 66.7 Å². The molecule has 10 atom stereocenters. The van der Waals surface area contributed by atoms with E-state index in [2.05, 4.69) is 29.9 Å². The third-order valence-corrected chi connectivity index (χ3v) is 9.49. The van der Waals surface area contributed by atoms with E-state index in [1.54, 1.807) is 0 Å². The summed E-state index contributed by atoms with van der Waals surface area (Å²) in [6.45, 7) is -1.41. The van der Waals surface area contributed by atoms with Gasteiger partial charge in [0.2, 0.25) is 0 Å². The summed E-state index contributed by atoms with van der Waals surface area (Å²) in [6, 6.07) is 0. The van der Waals surface area contributed by atoms with Crippen molar-refractivity contribution >= 4 is 49.4 Å². The van der Waals surface area contributed by atoms with Crippen LogP contribution in [0.5, 0.6) is 0 Å². The number of hydrogen-bond acceptors (Lipinski definition) is 18. The lowest BCUT2D eigenvalue weighted by atomic mass is 10.1. The molecule has 0 saturated carbocycles. The van der Waals surface area contributed by atoms with Gasteiger partial charge in [0.25, 0.3) is 0 Å². The molecule has 4 bridgehead atoms. The maximum Gasteiger partial charge on any atom is 0.472 e. The maximum atomic E-state index is 13.2. The van der Waals surface area contributed by atoms with E-state index < -0.39 is 84.1 Å². The number of imidazole rings is 2. The van der Waals surface area contributed by atoms with Crippen LogP contribution in [0, 0.1) is 0 Å². The topological polar surface area (TPSA) is 310 Å². The molecular formula is C21H26N10O12P2. The standard InChI is InChI=1S/C21H26N10O12P2/c22-16-10-18(26-3-24-16)30(5-28-10)20-14-12(32)9(41-20)2-40-45(36,37)43-15-13(33)8(1-39-44(34,35)7-38-14)42-21(15)31-6-29-11-17(23)25-4-27-19(11)31/h3-6,8-9,12-15,20-21,32-33H,1-2,7H2,(H,34,35)(H,36,37)(H2,22,24,26)(H2,23,25,27)/t8-,9-,12+,13+,14?,15?,20-,21-/m1/s1. The fourth-order valence-corrected chi connectivity index (χ4v) is 7.07. The highest BCUT2D eigenvalue weighted by atomic mass is 31.2. The molecule has 3 aliphatic rings. The van der Waals surface area contributed by atoms with Crippen LogP contribution in [-0.2, 0) is 36.9 Å². The van der Waals surface area contributed by atoms with Crippen molar-refractivity contribution in [2.45, 2.75) is 49.1 Å². The van der Waals surface area contributed by atoms with E-state index in [9.17, 15) is 29.1 Å². The first-order chi connectivity index (χ1) is 21.4. The largest absolute Gasteiger partial charge is 0.472 e. The molecule has 7 rings (SSSR count). The number of nitrogens with zero attached hydrogens (tertiary/aromatic N) is 8. The van der Waals surface area contributed by atoms with Gasteiger partial charge < -0.3 is 50.2 Å². The molecule has 0 spiro atoms. The van der Waals surface area contributed by atoms with Gasteiger partial charge in [-0.1, -0.05) is 0 Å². The van der Waals surface area contributed by atoms with Gasteiger partial charge in [0.15, 0.2) is 35.4 Å². The molecule has 45 heavy (non-hydrogen) atoms. The summed E-state index contributed by atoms with van der Waals surface area (Å²) in [5, 5.41) is 22.2. The SMILES string of the molecule is Nc1ncnc2c1ncn2[C@@H]1O[C@@H]2COP(=O)(O)OC3[C@@H](O)[C@@H](COP(=O)(O)COC1[C@H]2O)O[C@H]3n1cnc2c(N)ncnc21. The highest BCUT2D eigenvalue weighted by Gasteiger charge is 2.52. The number of phosphoric ester groups is 1. The molecule has 4 unspecified atom stereocenters. The molecular weight excluding hydrogens is 646 g/mol. The van der Waals surface area contributed by atoms with Crippen molar-refractivity contribution in [1.29, 1.82) is 0 Å². The minimum Gasteiger partial charge on any atom is -0.387 e. The zero-order valence-electron chi connectivity index (χ0n) is 22.7. The summed E-state index contributed by atoms with van der Waals surface area (Å²) in [4.78, 5) is 45.6. The molecule has 0 amide bonds. The molecule has 242 valence electrons. The molecule has 3 fully saturated rings. The Balaban J connectivity index is 1.21. The summed E-state index contributed by atoms with van der Waals surface area (Å²) in [6.07, 6.45) is -7.61. The van der Waals surface area contributed by atoms with Gasteiger partial charge in [-0.2, -0.15) is 0 Å². The minimum absolute atomic E-state index is 0.0350. The Kier molecular flexibility index (Phi) is 7.59. The number of aliphatic hydroxyl groups is 2. The van der Waals surface area contributed by atoms with Crippen molar-refractivity contribution in [3.05, 3.63) is 25.3 Å². The van der Waals surface area contributed by atoms with Gasteiger partial charge in [-0.15, -0.1) is 0 Å². The van der Waals surface area contributed by atoms with Crippen molar-refractivity contribution < 1.29 is 56.9 Å². The molecule has 8 N–H and O–H groups in total. The second-order valence-electron chi connectivity index (χ2n) is 10.3. The van der Waals surface area contributed by atoms with Gasteiger partial charge in [0, 0.05) is 0 Å². The van der Waals surface area contributed by atoms with E-state index in [-0.39, 0.29) is 34.0 Å². The maximum absolute atomic E-state index is 13.2. The lowest BCUT2D eigenvalue weighted by Crippen LogP contribution is -2.36. The Morgan fingerprint density at radius 1 is 0.756 bits per heavy atom. The molecule has 7 heterocycles. The Hall–Kier alpha value is -3.24. The zero-order valence-corrected chi connectivity index (χ0v) is 24.5. The van der Waals surface area contributed by atoms with Crippen LogP contribution in [0.2, 0.25) is 0 Å². The highest BCUT2D eigenvalue weighted by Crippen LogP contribution is 2.52. The lowest BCUT2D eigenvalue weighted by Gasteiger charge is -2.25. The molecule has 24 heteroatoms. The summed E-state index contributed by atoms with van der Waals surface area (Å²) >= 11 is 0. The van der Waals surface area contributed by atoms with Crippen molar-refractivity contribution in [2.75, 3.05) is 31.0 Å². The molecule has 4 aromatic heterocycles. The molecule has 0 aliphatic carbocycles. The van der Waals surface area contributed by atoms with E-state index in [1.165, 1.54) is 28.1 Å². The minimum atomic E-state index is -5.04. The normalized spacial score (nSPS) is 38.0. The lowest BCUT2D eigenvalue weighted by molar-refractivity contribution is -0.0665. The van der Waals surface area contributed by atoms with Gasteiger partial charge in [0.05, 0.1) is 25.9 Å². The van der Waals surface area contributed by atoms with E-state index in [1.807, 2.05) is 0 Å². The second-order valence-corrected chi connectivity index (χ2v) is 13.5. The van der Waals surface area contributed by atoms with Gasteiger partial charge in [-0.3, -0.25) is 22.7 Å². The van der Waals surface area contributed by atoms with Crippen LogP contribution in [0.3, 0.4) is 0 Å². The van der Waals surface area contributed by atoms with E-state index in [4.69, 9.17) is 39.2 Å². The van der Waals surface area contributed by atoms with Gasteiger partial charge >= 0.3 is 15.4 Å². The smallest absolute Gasteiger partial charge is 0.387 e.